The molecular formula is C12H32O8Si4. The highest BCUT2D eigenvalue weighted by Crippen LogP contribution is 2.46. The molecule has 1 saturated heterocycles. The SMILES string of the molecule is CC(C)[Si]1(C(C)C)O[Si](O)(O)O[Si](O)(O)O[Si](C(C)C)(C(C)C)O1. The van der Waals surface area contributed by atoms with Gasteiger partial charge in [0.25, 0.3) is 0 Å². The van der Waals surface area contributed by atoms with E-state index in [-0.39, 0.29) is 22.2 Å². The summed E-state index contributed by atoms with van der Waals surface area (Å²) in [5, 5.41) is 0. The molecule has 8 nitrogen and oxygen atoms in total. The highest BCUT2D eigenvalue weighted by molar-refractivity contribution is 6.91. The maximum atomic E-state index is 10.2. The zero-order valence-corrected chi connectivity index (χ0v) is 19.7. The van der Waals surface area contributed by atoms with Crippen molar-refractivity contribution in [3.63, 3.8) is 0 Å². The summed E-state index contributed by atoms with van der Waals surface area (Å²) in [4.78, 5) is 40.6. The second-order valence-electron chi connectivity index (χ2n) is 7.57. The van der Waals surface area contributed by atoms with Crippen LogP contribution in [0, 0.1) is 0 Å². The van der Waals surface area contributed by atoms with Gasteiger partial charge in [-0.15, -0.1) is 0 Å². The molecular weight excluding hydrogens is 384 g/mol. The normalized spacial score (nSPS) is 26.0. The molecule has 24 heavy (non-hydrogen) atoms. The van der Waals surface area contributed by atoms with Crippen LogP contribution >= 0.6 is 0 Å². The van der Waals surface area contributed by atoms with Gasteiger partial charge in [-0.3, -0.25) is 0 Å². The van der Waals surface area contributed by atoms with E-state index in [4.69, 9.17) is 16.5 Å². The molecule has 0 aromatic heterocycles. The van der Waals surface area contributed by atoms with Crippen LogP contribution in [0.15, 0.2) is 0 Å². The van der Waals surface area contributed by atoms with Crippen molar-refractivity contribution < 1.29 is 35.6 Å². The van der Waals surface area contributed by atoms with Crippen molar-refractivity contribution in [1.82, 2.24) is 0 Å². The summed E-state index contributed by atoms with van der Waals surface area (Å²) in [6, 6.07) is 0. The summed E-state index contributed by atoms with van der Waals surface area (Å²) in [5.41, 5.74) is -0.475. The van der Waals surface area contributed by atoms with Crippen molar-refractivity contribution in [2.24, 2.45) is 0 Å². The molecule has 0 spiro atoms. The summed E-state index contributed by atoms with van der Waals surface area (Å²) in [7, 11) is -16.0. The van der Waals surface area contributed by atoms with E-state index in [1.54, 1.807) is 0 Å². The minimum atomic E-state index is -4.81. The molecule has 0 aromatic carbocycles. The van der Waals surface area contributed by atoms with Gasteiger partial charge in [0.1, 0.15) is 0 Å². The van der Waals surface area contributed by atoms with E-state index >= 15 is 0 Å². The monoisotopic (exact) mass is 416 g/mol. The fraction of sp³-hybridized carbons (Fsp3) is 1.00. The predicted molar refractivity (Wildman–Crippen MR) is 96.6 cm³/mol. The van der Waals surface area contributed by atoms with Gasteiger partial charge in [0.15, 0.2) is 0 Å². The van der Waals surface area contributed by atoms with Crippen LogP contribution in [0.2, 0.25) is 22.2 Å². The van der Waals surface area contributed by atoms with Gasteiger partial charge in [0.05, 0.1) is 0 Å². The van der Waals surface area contributed by atoms with Crippen molar-refractivity contribution in [3.05, 3.63) is 0 Å². The maximum Gasteiger partial charge on any atom is 0.659 e. The first-order valence-electron chi connectivity index (χ1n) is 8.30. The first kappa shape index (κ1) is 22.6. The van der Waals surface area contributed by atoms with Crippen LogP contribution in [0.4, 0.5) is 0 Å². The Morgan fingerprint density at radius 3 is 0.917 bits per heavy atom. The number of rotatable bonds is 4. The molecule has 4 N–H and O–H groups in total. The molecule has 1 rings (SSSR count). The van der Waals surface area contributed by atoms with Gasteiger partial charge >= 0.3 is 35.2 Å². The van der Waals surface area contributed by atoms with E-state index in [0.29, 0.717) is 0 Å². The third-order valence-electron chi connectivity index (χ3n) is 4.39. The van der Waals surface area contributed by atoms with Gasteiger partial charge in [-0.1, -0.05) is 55.4 Å². The first-order valence-corrected chi connectivity index (χ1v) is 15.7. The van der Waals surface area contributed by atoms with Gasteiger partial charge in [-0.05, 0) is 22.2 Å². The van der Waals surface area contributed by atoms with E-state index in [2.05, 4.69) is 0 Å². The van der Waals surface area contributed by atoms with Crippen LogP contribution in [0.25, 0.3) is 0 Å². The molecule has 0 radical (unpaired) electrons. The fourth-order valence-corrected chi connectivity index (χ4v) is 22.3. The van der Waals surface area contributed by atoms with Crippen molar-refractivity contribution in [2.75, 3.05) is 0 Å². The molecule has 1 fully saturated rings. The van der Waals surface area contributed by atoms with Gasteiger partial charge in [0, 0.05) is 0 Å². The van der Waals surface area contributed by atoms with E-state index < -0.39 is 35.2 Å². The Labute approximate surface area is 148 Å². The summed E-state index contributed by atoms with van der Waals surface area (Å²) in [6.07, 6.45) is 0. The molecule has 0 aliphatic carbocycles. The average Bonchev–Trinajstić information content (AvgIpc) is 2.31. The molecule has 0 bridgehead atoms. The summed E-state index contributed by atoms with van der Waals surface area (Å²) in [6.45, 7) is 15.2. The molecule has 1 aliphatic heterocycles. The van der Waals surface area contributed by atoms with Crippen LogP contribution in [0.1, 0.15) is 55.4 Å². The van der Waals surface area contributed by atoms with E-state index in [9.17, 15) is 19.2 Å². The largest absolute Gasteiger partial charge is 0.659 e. The smallest absolute Gasteiger partial charge is 0.415 e. The molecule has 1 heterocycles. The van der Waals surface area contributed by atoms with Crippen LogP contribution < -0.4 is 0 Å². The minimum Gasteiger partial charge on any atom is -0.415 e. The lowest BCUT2D eigenvalue weighted by molar-refractivity contribution is 0.0186. The van der Waals surface area contributed by atoms with Crippen molar-refractivity contribution in [3.8, 4) is 0 Å². The molecule has 0 amide bonds. The van der Waals surface area contributed by atoms with Crippen LogP contribution in [-0.2, 0) is 16.5 Å². The average molecular weight is 417 g/mol. The van der Waals surface area contributed by atoms with Crippen LogP contribution in [0.5, 0.6) is 0 Å². The third kappa shape index (κ3) is 4.44. The first-order chi connectivity index (χ1) is 10.6. The Morgan fingerprint density at radius 2 is 0.708 bits per heavy atom. The quantitative estimate of drug-likeness (QED) is 0.508. The lowest BCUT2D eigenvalue weighted by atomic mass is 10.5. The van der Waals surface area contributed by atoms with Gasteiger partial charge in [-0.2, -0.15) is 0 Å². The molecule has 12 heteroatoms. The predicted octanol–water partition coefficient (Wildman–Crippen LogP) is 1.43. The number of hydrogen-bond acceptors (Lipinski definition) is 8. The molecule has 0 unspecified atom stereocenters. The summed E-state index contributed by atoms with van der Waals surface area (Å²) >= 11 is 0. The van der Waals surface area contributed by atoms with Crippen LogP contribution in [-0.4, -0.2) is 54.4 Å². The lowest BCUT2D eigenvalue weighted by Crippen LogP contribution is -2.73. The van der Waals surface area contributed by atoms with Crippen molar-refractivity contribution in [2.45, 2.75) is 77.6 Å². The highest BCUT2D eigenvalue weighted by atomic mass is 28.6. The topological polar surface area (TPSA) is 118 Å². The maximum absolute atomic E-state index is 10.2. The van der Waals surface area contributed by atoms with Gasteiger partial charge in [-0.25, -0.2) is 0 Å². The third-order valence-corrected chi connectivity index (χ3v) is 20.2. The van der Waals surface area contributed by atoms with Crippen LogP contribution in [0.3, 0.4) is 0 Å². The van der Waals surface area contributed by atoms with E-state index in [0.717, 1.165) is 0 Å². The fourth-order valence-electron chi connectivity index (χ4n) is 3.20. The Morgan fingerprint density at radius 1 is 0.458 bits per heavy atom. The Hall–Kier alpha value is 0.548. The zero-order valence-electron chi connectivity index (χ0n) is 15.7. The molecule has 0 atom stereocenters. The Bertz CT molecular complexity index is 387. The number of hydrogen-bond donors (Lipinski definition) is 4. The van der Waals surface area contributed by atoms with Crippen molar-refractivity contribution in [1.29, 1.82) is 0 Å². The standard InChI is InChI=1S/C12H32O8Si4/c1-9(2)21(10(3)4)17-22(11(5)6,12(7)8)19-24(15,16)20-23(13,14)18-21/h9-16H,1-8H3. The van der Waals surface area contributed by atoms with Crippen molar-refractivity contribution >= 4 is 35.2 Å². The van der Waals surface area contributed by atoms with E-state index in [1.807, 2.05) is 55.4 Å². The summed E-state index contributed by atoms with van der Waals surface area (Å²) in [5.74, 6) is 0. The highest BCUT2D eigenvalue weighted by Gasteiger charge is 2.68. The summed E-state index contributed by atoms with van der Waals surface area (Å²) < 4.78 is 22.8. The van der Waals surface area contributed by atoms with Gasteiger partial charge in [0.2, 0.25) is 0 Å². The molecule has 144 valence electrons. The Balaban J connectivity index is 3.58. The van der Waals surface area contributed by atoms with Gasteiger partial charge < -0.3 is 35.6 Å². The molecule has 0 saturated carbocycles. The lowest BCUT2D eigenvalue weighted by Gasteiger charge is -2.52. The second-order valence-corrected chi connectivity index (χ2v) is 20.5. The molecule has 1 aliphatic rings. The Kier molecular flexibility index (Phi) is 6.85. The zero-order chi connectivity index (χ0) is 19.1. The minimum absolute atomic E-state index is 0.119. The van der Waals surface area contributed by atoms with E-state index in [1.165, 1.54) is 0 Å². The molecule has 0 aromatic rings. The second kappa shape index (κ2) is 7.28.